The monoisotopic (exact) mass is 298 g/mol. The lowest BCUT2D eigenvalue weighted by Gasteiger charge is -2.17. The molecular formula is C15H14N4OS. The van der Waals surface area contributed by atoms with Gasteiger partial charge in [0.1, 0.15) is 0 Å². The number of carbonyl (C=O) groups is 1. The van der Waals surface area contributed by atoms with E-state index in [9.17, 15) is 4.79 Å². The Morgan fingerprint density at radius 2 is 2.29 bits per heavy atom. The number of hydrogen-bond donors (Lipinski definition) is 2. The van der Waals surface area contributed by atoms with Crippen LogP contribution in [-0.2, 0) is 13.1 Å². The highest BCUT2D eigenvalue weighted by atomic mass is 32.1. The molecule has 0 atom stereocenters. The third-order valence-electron chi connectivity index (χ3n) is 3.71. The van der Waals surface area contributed by atoms with E-state index < -0.39 is 0 Å². The van der Waals surface area contributed by atoms with Gasteiger partial charge in [-0.25, -0.2) is 4.98 Å². The van der Waals surface area contributed by atoms with Gasteiger partial charge < -0.3 is 9.88 Å². The molecular weight excluding hydrogens is 284 g/mol. The van der Waals surface area contributed by atoms with Crippen LogP contribution in [0.3, 0.4) is 0 Å². The van der Waals surface area contributed by atoms with Gasteiger partial charge in [-0.2, -0.15) is 0 Å². The maximum atomic E-state index is 12.5. The molecule has 0 saturated heterocycles. The number of benzene rings is 1. The molecule has 1 aliphatic heterocycles. The Bertz CT molecular complexity index is 820. The number of nitrogens with zero attached hydrogens (tertiary/aromatic N) is 2. The first-order chi connectivity index (χ1) is 10.3. The molecule has 5 nitrogen and oxygen atoms in total. The van der Waals surface area contributed by atoms with Crippen LogP contribution in [0.15, 0.2) is 35.8 Å². The number of amides is 1. The summed E-state index contributed by atoms with van der Waals surface area (Å²) in [6, 6.07) is 7.94. The molecule has 0 fully saturated rings. The van der Waals surface area contributed by atoms with Gasteiger partial charge in [-0.1, -0.05) is 18.2 Å². The summed E-state index contributed by atoms with van der Waals surface area (Å²) in [4.78, 5) is 16.8. The van der Waals surface area contributed by atoms with E-state index in [0.717, 1.165) is 35.4 Å². The summed E-state index contributed by atoms with van der Waals surface area (Å²) in [5, 5.41) is 9.12. The lowest BCUT2D eigenvalue weighted by molar-refractivity contribution is 0.102. The van der Waals surface area contributed by atoms with Crippen LogP contribution in [0.4, 0.5) is 5.95 Å². The average molecular weight is 298 g/mol. The van der Waals surface area contributed by atoms with Gasteiger partial charge in [0.15, 0.2) is 0 Å². The van der Waals surface area contributed by atoms with E-state index in [-0.39, 0.29) is 5.91 Å². The summed E-state index contributed by atoms with van der Waals surface area (Å²) < 4.78 is 3.18. The summed E-state index contributed by atoms with van der Waals surface area (Å²) in [5.74, 6) is 0.533. The van der Waals surface area contributed by atoms with E-state index in [1.807, 2.05) is 35.8 Å². The second kappa shape index (κ2) is 4.98. The average Bonchev–Trinajstić information content (AvgIpc) is 3.12. The quantitative estimate of drug-likeness (QED) is 0.764. The van der Waals surface area contributed by atoms with E-state index in [0.29, 0.717) is 11.5 Å². The number of imidazole rings is 1. The van der Waals surface area contributed by atoms with Crippen LogP contribution < -0.4 is 10.6 Å². The van der Waals surface area contributed by atoms with Crippen molar-refractivity contribution in [3.05, 3.63) is 47.1 Å². The number of hydrogen-bond acceptors (Lipinski definition) is 4. The van der Waals surface area contributed by atoms with Gasteiger partial charge in [0.05, 0.1) is 17.5 Å². The minimum absolute atomic E-state index is 0.0978. The van der Waals surface area contributed by atoms with Crippen molar-refractivity contribution < 1.29 is 4.79 Å². The lowest BCUT2D eigenvalue weighted by Crippen LogP contribution is -2.29. The second-order valence-corrected chi connectivity index (χ2v) is 5.91. The van der Waals surface area contributed by atoms with Crippen LogP contribution >= 0.6 is 11.3 Å². The summed E-state index contributed by atoms with van der Waals surface area (Å²) in [6.07, 6.45) is 1.81. The molecule has 2 aromatic heterocycles. The molecule has 0 saturated carbocycles. The zero-order valence-electron chi connectivity index (χ0n) is 11.3. The van der Waals surface area contributed by atoms with Crippen molar-refractivity contribution in [3.8, 4) is 0 Å². The van der Waals surface area contributed by atoms with Gasteiger partial charge in [-0.05, 0) is 6.07 Å². The van der Waals surface area contributed by atoms with E-state index in [2.05, 4.69) is 20.2 Å². The summed E-state index contributed by atoms with van der Waals surface area (Å²) in [5.41, 5.74) is 1.81. The maximum Gasteiger partial charge on any atom is 0.259 e. The molecule has 6 heteroatoms. The fourth-order valence-corrected chi connectivity index (χ4v) is 3.57. The van der Waals surface area contributed by atoms with Crippen molar-refractivity contribution in [1.29, 1.82) is 0 Å². The molecule has 1 amide bonds. The topological polar surface area (TPSA) is 59.0 Å². The molecule has 0 bridgehead atoms. The third-order valence-corrected chi connectivity index (χ3v) is 4.67. The van der Waals surface area contributed by atoms with Crippen molar-refractivity contribution >= 4 is 33.3 Å². The Morgan fingerprint density at radius 3 is 3.24 bits per heavy atom. The summed E-state index contributed by atoms with van der Waals surface area (Å²) in [7, 11) is 0. The summed E-state index contributed by atoms with van der Waals surface area (Å²) in [6.45, 7) is 2.52. The minimum Gasteiger partial charge on any atom is -0.312 e. The highest BCUT2D eigenvalue weighted by Crippen LogP contribution is 2.26. The Kier molecular flexibility index (Phi) is 2.98. The molecule has 0 unspecified atom stereocenters. The molecule has 3 aromatic rings. The Morgan fingerprint density at radius 1 is 1.38 bits per heavy atom. The fraction of sp³-hybridized carbons (Fsp3) is 0.200. The standard InChI is InChI=1S/C15H14N4OS/c20-14(12-9-21-13-4-2-1-3-11(12)13)18-15-17-8-10-7-16-5-6-19(10)15/h1-4,8-9,16H,5-7H2,(H,17,18,20). The molecule has 0 radical (unpaired) electrons. The van der Waals surface area contributed by atoms with Crippen molar-refractivity contribution in [2.24, 2.45) is 0 Å². The number of rotatable bonds is 2. The van der Waals surface area contributed by atoms with Gasteiger partial charge >= 0.3 is 0 Å². The van der Waals surface area contributed by atoms with Gasteiger partial charge in [-0.15, -0.1) is 11.3 Å². The van der Waals surface area contributed by atoms with Crippen molar-refractivity contribution in [1.82, 2.24) is 14.9 Å². The lowest BCUT2D eigenvalue weighted by atomic mass is 10.2. The molecule has 0 aliphatic carbocycles. The van der Waals surface area contributed by atoms with Gasteiger partial charge in [-0.3, -0.25) is 10.1 Å². The first-order valence-corrected chi connectivity index (χ1v) is 7.73. The Hall–Kier alpha value is -2.18. The number of fused-ring (bicyclic) bond motifs is 2. The zero-order valence-corrected chi connectivity index (χ0v) is 12.1. The van der Waals surface area contributed by atoms with Crippen LogP contribution in [0, 0.1) is 0 Å². The fourth-order valence-electron chi connectivity index (χ4n) is 2.63. The number of aromatic nitrogens is 2. The maximum absolute atomic E-state index is 12.5. The first-order valence-electron chi connectivity index (χ1n) is 6.85. The van der Waals surface area contributed by atoms with Crippen LogP contribution in [0.1, 0.15) is 16.1 Å². The van der Waals surface area contributed by atoms with Crippen LogP contribution in [-0.4, -0.2) is 22.0 Å². The second-order valence-electron chi connectivity index (χ2n) is 5.00. The van der Waals surface area contributed by atoms with Crippen molar-refractivity contribution in [2.75, 3.05) is 11.9 Å². The SMILES string of the molecule is O=C(Nc1ncc2n1CCNC2)c1csc2ccccc12. The molecule has 106 valence electrons. The van der Waals surface area contributed by atoms with E-state index in [4.69, 9.17) is 0 Å². The van der Waals surface area contributed by atoms with Crippen LogP contribution in [0.25, 0.3) is 10.1 Å². The van der Waals surface area contributed by atoms with Crippen LogP contribution in [0.2, 0.25) is 0 Å². The first kappa shape index (κ1) is 12.6. The van der Waals surface area contributed by atoms with Gasteiger partial charge in [0, 0.05) is 35.1 Å². The number of nitrogens with one attached hydrogen (secondary N) is 2. The predicted octanol–water partition coefficient (Wildman–Crippen LogP) is 2.45. The van der Waals surface area contributed by atoms with Crippen molar-refractivity contribution in [2.45, 2.75) is 13.1 Å². The normalized spacial score (nSPS) is 14.1. The largest absolute Gasteiger partial charge is 0.312 e. The molecule has 21 heavy (non-hydrogen) atoms. The number of anilines is 1. The zero-order chi connectivity index (χ0) is 14.2. The Balaban J connectivity index is 1.65. The number of thiophene rings is 1. The van der Waals surface area contributed by atoms with Gasteiger partial charge in [0.25, 0.3) is 5.91 Å². The predicted molar refractivity (Wildman–Crippen MR) is 83.7 cm³/mol. The smallest absolute Gasteiger partial charge is 0.259 e. The molecule has 4 rings (SSSR count). The molecule has 1 aromatic carbocycles. The Labute approximate surface area is 125 Å². The highest BCUT2D eigenvalue weighted by Gasteiger charge is 2.17. The van der Waals surface area contributed by atoms with E-state index in [1.165, 1.54) is 0 Å². The van der Waals surface area contributed by atoms with Crippen molar-refractivity contribution in [3.63, 3.8) is 0 Å². The van der Waals surface area contributed by atoms with Gasteiger partial charge in [0.2, 0.25) is 5.95 Å². The number of carbonyl (C=O) groups excluding carboxylic acids is 1. The molecule has 2 N–H and O–H groups in total. The van der Waals surface area contributed by atoms with E-state index >= 15 is 0 Å². The molecule has 1 aliphatic rings. The third kappa shape index (κ3) is 2.12. The molecule has 3 heterocycles. The minimum atomic E-state index is -0.0978. The van der Waals surface area contributed by atoms with E-state index in [1.54, 1.807) is 11.3 Å². The summed E-state index contributed by atoms with van der Waals surface area (Å²) >= 11 is 1.59. The van der Waals surface area contributed by atoms with Crippen LogP contribution in [0.5, 0.6) is 0 Å². The molecule has 0 spiro atoms. The highest BCUT2D eigenvalue weighted by molar-refractivity contribution is 7.17.